The molecule has 0 fully saturated rings. The molecule has 0 aromatic heterocycles. The van der Waals surface area contributed by atoms with Gasteiger partial charge in [-0.1, -0.05) is 13.8 Å². The highest BCUT2D eigenvalue weighted by Gasteiger charge is 2.04. The van der Waals surface area contributed by atoms with Gasteiger partial charge in [-0.3, -0.25) is 20.4 Å². The maximum Gasteiger partial charge on any atom is 0.219 e. The van der Waals surface area contributed by atoms with Crippen molar-refractivity contribution >= 4 is 11.8 Å². The summed E-state index contributed by atoms with van der Waals surface area (Å²) in [5.74, 6) is 0.770. The summed E-state index contributed by atoms with van der Waals surface area (Å²) < 4.78 is 0. The third kappa shape index (κ3) is 15.1. The van der Waals surface area contributed by atoms with Crippen molar-refractivity contribution in [1.29, 1.82) is 0 Å². The van der Waals surface area contributed by atoms with E-state index < -0.39 is 0 Å². The van der Waals surface area contributed by atoms with E-state index in [0.717, 1.165) is 38.8 Å². The summed E-state index contributed by atoms with van der Waals surface area (Å²) in [6.45, 7) is 6.54. The van der Waals surface area contributed by atoms with Crippen LogP contribution < -0.4 is 21.5 Å². The molecule has 0 aromatic rings. The molecule has 0 saturated carbocycles. The van der Waals surface area contributed by atoms with Crippen LogP contribution in [-0.4, -0.2) is 38.5 Å². The van der Waals surface area contributed by atoms with E-state index in [-0.39, 0.29) is 11.8 Å². The predicted octanol–water partition coefficient (Wildman–Crippen LogP) is 0.939. The molecule has 124 valence electrons. The van der Waals surface area contributed by atoms with Crippen LogP contribution in [0.4, 0.5) is 0 Å². The van der Waals surface area contributed by atoms with Crippen molar-refractivity contribution in [3.8, 4) is 0 Å². The monoisotopic (exact) mass is 300 g/mol. The standard InChI is InChI=1S/C15H32N4O2/c1-13(2)9-12-18-15(21)8-5-4-7-14(20)17-10-6-11-19-16-3/h13,16,19H,4-12H2,1-3H3,(H,17,20)(H,18,21). The molecule has 0 rings (SSSR count). The molecule has 6 heteroatoms. The Bertz CT molecular complexity index is 283. The predicted molar refractivity (Wildman–Crippen MR) is 85.6 cm³/mol. The maximum atomic E-state index is 11.5. The summed E-state index contributed by atoms with van der Waals surface area (Å²) in [7, 11) is 1.82. The quantitative estimate of drug-likeness (QED) is 0.301. The van der Waals surface area contributed by atoms with E-state index in [1.165, 1.54) is 0 Å². The zero-order valence-corrected chi connectivity index (χ0v) is 13.8. The molecule has 0 heterocycles. The van der Waals surface area contributed by atoms with Gasteiger partial charge >= 0.3 is 0 Å². The van der Waals surface area contributed by atoms with E-state index in [4.69, 9.17) is 0 Å². The normalized spacial score (nSPS) is 10.7. The highest BCUT2D eigenvalue weighted by Crippen LogP contribution is 2.01. The summed E-state index contributed by atoms with van der Waals surface area (Å²) in [5, 5.41) is 5.77. The van der Waals surface area contributed by atoms with Crippen LogP contribution in [0.25, 0.3) is 0 Å². The zero-order chi connectivity index (χ0) is 15.9. The van der Waals surface area contributed by atoms with Crippen molar-refractivity contribution in [3.05, 3.63) is 0 Å². The van der Waals surface area contributed by atoms with Gasteiger partial charge in [0.05, 0.1) is 0 Å². The molecule has 0 aliphatic heterocycles. The van der Waals surface area contributed by atoms with Crippen molar-refractivity contribution in [2.45, 2.75) is 52.4 Å². The second kappa shape index (κ2) is 13.8. The minimum absolute atomic E-state index is 0.0691. The number of nitrogens with one attached hydrogen (secondary N) is 4. The van der Waals surface area contributed by atoms with Gasteiger partial charge in [0.25, 0.3) is 0 Å². The maximum absolute atomic E-state index is 11.5. The van der Waals surface area contributed by atoms with E-state index in [2.05, 4.69) is 35.3 Å². The first-order valence-electron chi connectivity index (χ1n) is 7.99. The number of unbranched alkanes of at least 4 members (excludes halogenated alkanes) is 1. The summed E-state index contributed by atoms with van der Waals surface area (Å²) in [4.78, 5) is 23.0. The summed E-state index contributed by atoms with van der Waals surface area (Å²) in [6.07, 6.45) is 4.44. The lowest BCUT2D eigenvalue weighted by atomic mass is 10.1. The molecule has 0 bridgehead atoms. The molecule has 0 radical (unpaired) electrons. The van der Waals surface area contributed by atoms with Gasteiger partial charge in [0.1, 0.15) is 0 Å². The van der Waals surface area contributed by atoms with Gasteiger partial charge in [-0.2, -0.15) is 0 Å². The number of carbonyl (C=O) groups excluding carboxylic acids is 2. The van der Waals surface area contributed by atoms with Crippen molar-refractivity contribution in [2.24, 2.45) is 5.92 Å². The van der Waals surface area contributed by atoms with Crippen LogP contribution in [0.15, 0.2) is 0 Å². The van der Waals surface area contributed by atoms with E-state index in [1.54, 1.807) is 0 Å². The molecule has 0 saturated heterocycles. The third-order valence-corrected chi connectivity index (χ3v) is 3.08. The highest BCUT2D eigenvalue weighted by molar-refractivity contribution is 5.77. The van der Waals surface area contributed by atoms with Crippen molar-refractivity contribution in [3.63, 3.8) is 0 Å². The fourth-order valence-corrected chi connectivity index (χ4v) is 1.78. The Labute approximate surface area is 128 Å². The highest BCUT2D eigenvalue weighted by atomic mass is 16.2. The van der Waals surface area contributed by atoms with Crippen LogP contribution in [0.2, 0.25) is 0 Å². The topological polar surface area (TPSA) is 82.3 Å². The number of rotatable bonds is 13. The Balaban J connectivity index is 3.36. The average Bonchev–Trinajstić information content (AvgIpc) is 2.43. The molecule has 0 aromatic carbocycles. The van der Waals surface area contributed by atoms with Gasteiger partial charge in [0, 0.05) is 32.5 Å². The Morgan fingerprint density at radius 3 is 1.95 bits per heavy atom. The van der Waals surface area contributed by atoms with E-state index in [1.807, 2.05) is 7.05 Å². The molecule has 0 unspecified atom stereocenters. The van der Waals surface area contributed by atoms with Crippen LogP contribution in [-0.2, 0) is 9.59 Å². The Morgan fingerprint density at radius 1 is 0.857 bits per heavy atom. The Morgan fingerprint density at radius 2 is 1.43 bits per heavy atom. The van der Waals surface area contributed by atoms with Crippen molar-refractivity contribution in [2.75, 3.05) is 26.7 Å². The molecule has 4 N–H and O–H groups in total. The fourth-order valence-electron chi connectivity index (χ4n) is 1.78. The minimum atomic E-state index is 0.0691. The van der Waals surface area contributed by atoms with E-state index >= 15 is 0 Å². The minimum Gasteiger partial charge on any atom is -0.356 e. The molecule has 0 spiro atoms. The van der Waals surface area contributed by atoms with Gasteiger partial charge in [-0.05, 0) is 38.6 Å². The first kappa shape index (κ1) is 19.9. The molecule has 2 amide bonds. The van der Waals surface area contributed by atoms with Crippen molar-refractivity contribution < 1.29 is 9.59 Å². The summed E-state index contributed by atoms with van der Waals surface area (Å²) >= 11 is 0. The number of carbonyl (C=O) groups is 2. The second-order valence-corrected chi connectivity index (χ2v) is 5.62. The number of hydrazine groups is 1. The smallest absolute Gasteiger partial charge is 0.219 e. The molecular weight excluding hydrogens is 268 g/mol. The van der Waals surface area contributed by atoms with Crippen LogP contribution in [0.1, 0.15) is 52.4 Å². The van der Waals surface area contributed by atoms with Crippen molar-refractivity contribution in [1.82, 2.24) is 21.5 Å². The molecular formula is C15H32N4O2. The lowest BCUT2D eigenvalue weighted by Crippen LogP contribution is -2.32. The molecule has 6 nitrogen and oxygen atoms in total. The van der Waals surface area contributed by atoms with Gasteiger partial charge < -0.3 is 10.6 Å². The number of hydrogen-bond acceptors (Lipinski definition) is 4. The zero-order valence-electron chi connectivity index (χ0n) is 13.8. The molecule has 0 aliphatic carbocycles. The van der Waals surface area contributed by atoms with Crippen LogP contribution in [0, 0.1) is 5.92 Å². The SMILES string of the molecule is CNNCCCNC(=O)CCCCC(=O)NCCC(C)C. The fraction of sp³-hybridized carbons (Fsp3) is 0.867. The van der Waals surface area contributed by atoms with Gasteiger partial charge in [0.2, 0.25) is 11.8 Å². The van der Waals surface area contributed by atoms with Gasteiger partial charge in [0.15, 0.2) is 0 Å². The largest absolute Gasteiger partial charge is 0.356 e. The van der Waals surface area contributed by atoms with Gasteiger partial charge in [-0.15, -0.1) is 0 Å². The third-order valence-electron chi connectivity index (χ3n) is 3.08. The first-order chi connectivity index (χ1) is 10.1. The average molecular weight is 300 g/mol. The Hall–Kier alpha value is -1.14. The number of amides is 2. The summed E-state index contributed by atoms with van der Waals surface area (Å²) in [5.41, 5.74) is 5.79. The summed E-state index contributed by atoms with van der Waals surface area (Å²) in [6, 6.07) is 0. The number of hydrogen-bond donors (Lipinski definition) is 4. The van der Waals surface area contributed by atoms with Crippen LogP contribution in [0.3, 0.4) is 0 Å². The first-order valence-corrected chi connectivity index (χ1v) is 7.99. The molecule has 0 aliphatic rings. The molecule has 0 atom stereocenters. The van der Waals surface area contributed by atoms with Crippen LogP contribution >= 0.6 is 0 Å². The van der Waals surface area contributed by atoms with Crippen LogP contribution in [0.5, 0.6) is 0 Å². The Kier molecular flexibility index (Phi) is 13.1. The lowest BCUT2D eigenvalue weighted by Gasteiger charge is -2.07. The molecule has 21 heavy (non-hydrogen) atoms. The second-order valence-electron chi connectivity index (χ2n) is 5.62. The van der Waals surface area contributed by atoms with E-state index in [9.17, 15) is 9.59 Å². The van der Waals surface area contributed by atoms with E-state index in [0.29, 0.717) is 25.3 Å². The lowest BCUT2D eigenvalue weighted by molar-refractivity contribution is -0.123. The van der Waals surface area contributed by atoms with Gasteiger partial charge in [-0.25, -0.2) is 0 Å².